The van der Waals surface area contributed by atoms with Crippen LogP contribution in [0.15, 0.2) is 9.59 Å². The summed E-state index contributed by atoms with van der Waals surface area (Å²) in [5.74, 6) is 0.135. The SMILES string of the molecule is CCCn1c(N)c(NCCC(C)O)c(=O)[nH]c1=O. The van der Waals surface area contributed by atoms with Crippen molar-refractivity contribution in [3.8, 4) is 0 Å². The van der Waals surface area contributed by atoms with Gasteiger partial charge in [-0.15, -0.1) is 0 Å². The molecule has 0 aliphatic heterocycles. The number of aromatic nitrogens is 2. The van der Waals surface area contributed by atoms with Crippen LogP contribution in [0.4, 0.5) is 11.5 Å². The summed E-state index contributed by atoms with van der Waals surface area (Å²) >= 11 is 0. The highest BCUT2D eigenvalue weighted by atomic mass is 16.3. The molecule has 5 N–H and O–H groups in total. The molecule has 7 heteroatoms. The molecule has 0 radical (unpaired) electrons. The maximum Gasteiger partial charge on any atom is 0.330 e. The summed E-state index contributed by atoms with van der Waals surface area (Å²) in [6.07, 6.45) is 0.772. The second kappa shape index (κ2) is 6.25. The highest BCUT2D eigenvalue weighted by Crippen LogP contribution is 2.10. The van der Waals surface area contributed by atoms with Crippen LogP contribution < -0.4 is 22.3 Å². The Kier molecular flexibility index (Phi) is 4.96. The lowest BCUT2D eigenvalue weighted by Gasteiger charge is -2.13. The topological polar surface area (TPSA) is 113 Å². The second-order valence-electron chi connectivity index (χ2n) is 4.24. The van der Waals surface area contributed by atoms with Crippen LogP contribution in [0.5, 0.6) is 0 Å². The maximum absolute atomic E-state index is 11.6. The van der Waals surface area contributed by atoms with E-state index in [4.69, 9.17) is 10.8 Å². The Labute approximate surface area is 105 Å². The normalized spacial score (nSPS) is 12.4. The van der Waals surface area contributed by atoms with Crippen molar-refractivity contribution in [3.63, 3.8) is 0 Å². The van der Waals surface area contributed by atoms with Gasteiger partial charge in [0.15, 0.2) is 0 Å². The first-order valence-corrected chi connectivity index (χ1v) is 6.01. The van der Waals surface area contributed by atoms with Gasteiger partial charge < -0.3 is 16.2 Å². The average Bonchev–Trinajstić information content (AvgIpc) is 2.28. The first kappa shape index (κ1) is 14.3. The molecule has 18 heavy (non-hydrogen) atoms. The number of nitrogens with one attached hydrogen (secondary N) is 2. The van der Waals surface area contributed by atoms with E-state index < -0.39 is 17.4 Å². The Morgan fingerprint density at radius 2 is 2.17 bits per heavy atom. The summed E-state index contributed by atoms with van der Waals surface area (Å²) in [7, 11) is 0. The molecule has 1 unspecified atom stereocenters. The molecular formula is C11H20N4O3. The summed E-state index contributed by atoms with van der Waals surface area (Å²) in [5, 5.41) is 12.0. The number of nitrogens with two attached hydrogens (primary N) is 1. The Bertz CT molecular complexity index is 504. The van der Waals surface area contributed by atoms with E-state index in [0.29, 0.717) is 19.5 Å². The third-order valence-corrected chi connectivity index (χ3v) is 2.55. The van der Waals surface area contributed by atoms with Gasteiger partial charge in [-0.3, -0.25) is 14.3 Å². The molecule has 0 aliphatic carbocycles. The number of rotatable bonds is 6. The lowest BCUT2D eigenvalue weighted by molar-refractivity contribution is 0.188. The van der Waals surface area contributed by atoms with E-state index in [2.05, 4.69) is 10.3 Å². The Balaban J connectivity index is 3.00. The van der Waals surface area contributed by atoms with E-state index in [-0.39, 0.29) is 11.5 Å². The predicted octanol–water partition coefficient (Wildman–Crippen LogP) is -0.288. The molecule has 7 nitrogen and oxygen atoms in total. The molecule has 1 heterocycles. The Morgan fingerprint density at radius 3 is 2.72 bits per heavy atom. The quantitative estimate of drug-likeness (QED) is 0.558. The zero-order chi connectivity index (χ0) is 13.7. The van der Waals surface area contributed by atoms with Crippen molar-refractivity contribution in [2.45, 2.75) is 39.3 Å². The van der Waals surface area contributed by atoms with Gasteiger partial charge in [0, 0.05) is 13.1 Å². The molecule has 1 rings (SSSR count). The minimum absolute atomic E-state index is 0.135. The highest BCUT2D eigenvalue weighted by molar-refractivity contribution is 5.60. The van der Waals surface area contributed by atoms with Crippen molar-refractivity contribution in [3.05, 3.63) is 20.8 Å². The lowest BCUT2D eigenvalue weighted by atomic mass is 10.3. The van der Waals surface area contributed by atoms with Crippen molar-refractivity contribution in [1.82, 2.24) is 9.55 Å². The molecule has 1 aromatic heterocycles. The fraction of sp³-hybridized carbons (Fsp3) is 0.636. The number of nitrogens with zero attached hydrogens (tertiary/aromatic N) is 1. The van der Waals surface area contributed by atoms with Gasteiger partial charge in [0.1, 0.15) is 11.5 Å². The minimum atomic E-state index is -0.532. The second-order valence-corrected chi connectivity index (χ2v) is 4.24. The summed E-state index contributed by atoms with van der Waals surface area (Å²) in [4.78, 5) is 25.4. The fourth-order valence-electron chi connectivity index (χ4n) is 1.61. The van der Waals surface area contributed by atoms with Crippen LogP contribution in [0.3, 0.4) is 0 Å². The molecule has 1 aromatic rings. The molecule has 0 aromatic carbocycles. The minimum Gasteiger partial charge on any atom is -0.393 e. The van der Waals surface area contributed by atoms with Gasteiger partial charge in [0.05, 0.1) is 6.10 Å². The standard InChI is InChI=1S/C11H20N4O3/c1-3-6-15-9(12)8(10(17)14-11(15)18)13-5-4-7(2)16/h7,13,16H,3-6,12H2,1-2H3,(H,14,17,18). The van der Waals surface area contributed by atoms with Gasteiger partial charge in [-0.1, -0.05) is 6.92 Å². The molecule has 0 bridgehead atoms. The number of anilines is 2. The van der Waals surface area contributed by atoms with Crippen molar-refractivity contribution in [2.24, 2.45) is 0 Å². The van der Waals surface area contributed by atoms with Gasteiger partial charge in [-0.25, -0.2) is 4.79 Å². The van der Waals surface area contributed by atoms with Crippen molar-refractivity contribution in [2.75, 3.05) is 17.6 Å². The van der Waals surface area contributed by atoms with Crippen LogP contribution in [-0.4, -0.2) is 27.3 Å². The van der Waals surface area contributed by atoms with E-state index in [1.54, 1.807) is 6.92 Å². The van der Waals surface area contributed by atoms with Gasteiger partial charge in [0.25, 0.3) is 5.56 Å². The number of aromatic amines is 1. The summed E-state index contributed by atoms with van der Waals surface area (Å²) < 4.78 is 1.33. The Hall–Kier alpha value is -1.76. The molecule has 1 atom stereocenters. The molecule has 0 spiro atoms. The number of hydrogen-bond donors (Lipinski definition) is 4. The van der Waals surface area contributed by atoms with Gasteiger partial charge in [-0.2, -0.15) is 0 Å². The molecule has 0 saturated heterocycles. The number of H-pyrrole nitrogens is 1. The predicted molar refractivity (Wildman–Crippen MR) is 70.8 cm³/mol. The van der Waals surface area contributed by atoms with Crippen LogP contribution in [0.1, 0.15) is 26.7 Å². The van der Waals surface area contributed by atoms with Crippen LogP contribution in [0.2, 0.25) is 0 Å². The number of hydrogen-bond acceptors (Lipinski definition) is 5. The van der Waals surface area contributed by atoms with Gasteiger partial charge in [-0.05, 0) is 19.8 Å². The fourth-order valence-corrected chi connectivity index (χ4v) is 1.61. The van der Waals surface area contributed by atoms with E-state index in [1.807, 2.05) is 6.92 Å². The van der Waals surface area contributed by atoms with Gasteiger partial charge >= 0.3 is 5.69 Å². The first-order chi connectivity index (χ1) is 8.47. The van der Waals surface area contributed by atoms with Crippen LogP contribution >= 0.6 is 0 Å². The number of aliphatic hydroxyl groups excluding tert-OH is 1. The molecule has 0 fully saturated rings. The highest BCUT2D eigenvalue weighted by Gasteiger charge is 2.11. The summed E-state index contributed by atoms with van der Waals surface area (Å²) in [6.45, 7) is 4.44. The number of nitrogen functional groups attached to an aromatic ring is 1. The van der Waals surface area contributed by atoms with E-state index in [0.717, 1.165) is 6.42 Å². The monoisotopic (exact) mass is 256 g/mol. The van der Waals surface area contributed by atoms with Crippen molar-refractivity contribution in [1.29, 1.82) is 0 Å². The van der Waals surface area contributed by atoms with Crippen molar-refractivity contribution >= 4 is 11.5 Å². The lowest BCUT2D eigenvalue weighted by Crippen LogP contribution is -2.34. The van der Waals surface area contributed by atoms with Crippen LogP contribution in [-0.2, 0) is 6.54 Å². The average molecular weight is 256 g/mol. The zero-order valence-electron chi connectivity index (χ0n) is 10.7. The third-order valence-electron chi connectivity index (χ3n) is 2.55. The number of aliphatic hydroxyl groups is 1. The molecular weight excluding hydrogens is 236 g/mol. The Morgan fingerprint density at radius 1 is 1.50 bits per heavy atom. The third kappa shape index (κ3) is 3.36. The largest absolute Gasteiger partial charge is 0.393 e. The van der Waals surface area contributed by atoms with Gasteiger partial charge in [0.2, 0.25) is 0 Å². The van der Waals surface area contributed by atoms with E-state index >= 15 is 0 Å². The first-order valence-electron chi connectivity index (χ1n) is 6.01. The molecule has 0 amide bonds. The molecule has 0 aliphatic rings. The molecule has 102 valence electrons. The maximum atomic E-state index is 11.6. The smallest absolute Gasteiger partial charge is 0.330 e. The van der Waals surface area contributed by atoms with E-state index in [9.17, 15) is 9.59 Å². The van der Waals surface area contributed by atoms with E-state index in [1.165, 1.54) is 4.57 Å². The zero-order valence-corrected chi connectivity index (χ0v) is 10.7. The summed E-state index contributed by atoms with van der Waals surface area (Å²) in [6, 6.07) is 0. The molecule has 0 saturated carbocycles. The summed E-state index contributed by atoms with van der Waals surface area (Å²) in [5.41, 5.74) is 4.96. The van der Waals surface area contributed by atoms with Crippen molar-refractivity contribution < 1.29 is 5.11 Å². The van der Waals surface area contributed by atoms with Crippen LogP contribution in [0.25, 0.3) is 0 Å². The van der Waals surface area contributed by atoms with Crippen LogP contribution in [0, 0.1) is 0 Å².